The number of halogens is 4. The quantitative estimate of drug-likeness (QED) is 0.330. The molecule has 0 fully saturated rings. The summed E-state index contributed by atoms with van der Waals surface area (Å²) < 4.78 is 11.4. The zero-order valence-corrected chi connectivity index (χ0v) is 19.5. The van der Waals surface area contributed by atoms with Crippen LogP contribution in [0.15, 0.2) is 60.7 Å². The molecule has 0 aliphatic heterocycles. The van der Waals surface area contributed by atoms with E-state index in [1.165, 1.54) is 5.56 Å². The number of para-hydroxylation sites is 1. The number of benzene rings is 3. The molecule has 3 aromatic rings. The Morgan fingerprint density at radius 3 is 2.30 bits per heavy atom. The van der Waals surface area contributed by atoms with Crippen molar-refractivity contribution in [3.8, 4) is 11.5 Å². The number of rotatable bonds is 9. The fourth-order valence-electron chi connectivity index (χ4n) is 2.98. The van der Waals surface area contributed by atoms with Gasteiger partial charge in [-0.3, -0.25) is 0 Å². The lowest BCUT2D eigenvalue weighted by atomic mass is 10.1. The van der Waals surface area contributed by atoms with Crippen LogP contribution in [0.3, 0.4) is 0 Å². The Bertz CT molecular complexity index is 966. The van der Waals surface area contributed by atoms with Crippen LogP contribution in [0.5, 0.6) is 11.5 Å². The third-order valence-corrected chi connectivity index (χ3v) is 5.32. The van der Waals surface area contributed by atoms with E-state index in [1.54, 1.807) is 19.2 Å². The smallest absolute Gasteiger partial charge is 0.124 e. The van der Waals surface area contributed by atoms with Crippen molar-refractivity contribution in [3.05, 3.63) is 92.4 Å². The van der Waals surface area contributed by atoms with Gasteiger partial charge in [0.2, 0.25) is 0 Å². The number of ether oxygens (including phenoxy) is 2. The summed E-state index contributed by atoms with van der Waals surface area (Å²) in [6.07, 6.45) is 0.862. The van der Waals surface area contributed by atoms with Gasteiger partial charge in [0.25, 0.3) is 0 Å². The standard InChI is InChI=1S/C23H22Cl3NO2.ClH/c1-28-22-5-3-2-4-16(22)10-11-27-14-18-12-19(24)8-9-23(18)29-15-17-6-7-20(25)13-21(17)26;/h2-9,12-13,27H,10-11,14-15H2,1H3;1H. The van der Waals surface area contributed by atoms with Crippen LogP contribution in [0.25, 0.3) is 0 Å². The van der Waals surface area contributed by atoms with Crippen LogP contribution in [-0.4, -0.2) is 13.7 Å². The average molecular weight is 487 g/mol. The Morgan fingerprint density at radius 2 is 1.53 bits per heavy atom. The molecule has 0 heterocycles. The molecule has 0 saturated carbocycles. The second kappa shape index (κ2) is 12.3. The summed E-state index contributed by atoms with van der Waals surface area (Å²) in [7, 11) is 1.69. The SMILES string of the molecule is COc1ccccc1CCNCc1cc(Cl)ccc1OCc1ccc(Cl)cc1Cl.Cl. The third kappa shape index (κ3) is 6.97. The molecule has 0 amide bonds. The summed E-state index contributed by atoms with van der Waals surface area (Å²) in [6.45, 7) is 1.79. The Labute approximate surface area is 198 Å². The Kier molecular flexibility index (Phi) is 10.1. The minimum atomic E-state index is 0. The molecule has 3 nitrogen and oxygen atoms in total. The number of hydrogen-bond acceptors (Lipinski definition) is 3. The van der Waals surface area contributed by atoms with E-state index in [9.17, 15) is 0 Å². The second-order valence-corrected chi connectivity index (χ2v) is 7.80. The van der Waals surface area contributed by atoms with E-state index in [-0.39, 0.29) is 12.4 Å². The largest absolute Gasteiger partial charge is 0.496 e. The van der Waals surface area contributed by atoms with Crippen LogP contribution < -0.4 is 14.8 Å². The first-order valence-electron chi connectivity index (χ1n) is 9.24. The number of hydrogen-bond donors (Lipinski definition) is 1. The first-order chi connectivity index (χ1) is 14.1. The van der Waals surface area contributed by atoms with Gasteiger partial charge >= 0.3 is 0 Å². The predicted molar refractivity (Wildman–Crippen MR) is 128 cm³/mol. The predicted octanol–water partition coefficient (Wildman–Crippen LogP) is 6.99. The van der Waals surface area contributed by atoms with Crippen molar-refractivity contribution in [3.63, 3.8) is 0 Å². The molecule has 7 heteroatoms. The summed E-state index contributed by atoms with van der Waals surface area (Å²) >= 11 is 18.4. The van der Waals surface area contributed by atoms with Gasteiger partial charge in [-0.1, -0.05) is 59.1 Å². The van der Waals surface area contributed by atoms with Gasteiger partial charge in [0.15, 0.2) is 0 Å². The van der Waals surface area contributed by atoms with Crippen molar-refractivity contribution in [2.24, 2.45) is 0 Å². The van der Waals surface area contributed by atoms with E-state index in [4.69, 9.17) is 44.3 Å². The van der Waals surface area contributed by atoms with Crippen molar-refractivity contribution in [2.75, 3.05) is 13.7 Å². The van der Waals surface area contributed by atoms with Gasteiger partial charge in [0.05, 0.1) is 7.11 Å². The van der Waals surface area contributed by atoms with Crippen LogP contribution in [0, 0.1) is 0 Å². The maximum atomic E-state index is 6.24. The number of methoxy groups -OCH3 is 1. The first-order valence-corrected chi connectivity index (χ1v) is 10.4. The lowest BCUT2D eigenvalue weighted by Gasteiger charge is -2.14. The fourth-order valence-corrected chi connectivity index (χ4v) is 3.63. The Morgan fingerprint density at radius 1 is 0.800 bits per heavy atom. The topological polar surface area (TPSA) is 30.5 Å². The zero-order chi connectivity index (χ0) is 20.6. The molecule has 0 saturated heterocycles. The Balaban J connectivity index is 0.00000320. The lowest BCUT2D eigenvalue weighted by Crippen LogP contribution is -2.17. The van der Waals surface area contributed by atoms with Crippen LogP contribution in [0.2, 0.25) is 15.1 Å². The molecule has 0 bridgehead atoms. The molecule has 1 N–H and O–H groups in total. The molecule has 0 aromatic heterocycles. The summed E-state index contributed by atoms with van der Waals surface area (Å²) in [5, 5.41) is 5.31. The van der Waals surface area contributed by atoms with Crippen LogP contribution >= 0.6 is 47.2 Å². The molecule has 0 aliphatic carbocycles. The second-order valence-electron chi connectivity index (χ2n) is 6.52. The molecule has 0 radical (unpaired) electrons. The van der Waals surface area contributed by atoms with Gasteiger partial charge in [-0.15, -0.1) is 12.4 Å². The third-order valence-electron chi connectivity index (χ3n) is 4.50. The van der Waals surface area contributed by atoms with E-state index >= 15 is 0 Å². The van der Waals surface area contributed by atoms with Gasteiger partial charge in [-0.05, 0) is 54.9 Å². The van der Waals surface area contributed by atoms with Crippen molar-refractivity contribution < 1.29 is 9.47 Å². The molecular weight excluding hydrogens is 464 g/mol. The summed E-state index contributed by atoms with van der Waals surface area (Å²) in [4.78, 5) is 0. The molecule has 0 unspecified atom stereocenters. The van der Waals surface area contributed by atoms with Gasteiger partial charge in [0.1, 0.15) is 18.1 Å². The normalized spacial score (nSPS) is 10.4. The minimum Gasteiger partial charge on any atom is -0.496 e. The van der Waals surface area contributed by atoms with E-state index in [0.29, 0.717) is 28.2 Å². The highest BCUT2D eigenvalue weighted by molar-refractivity contribution is 6.35. The van der Waals surface area contributed by atoms with Gasteiger partial charge < -0.3 is 14.8 Å². The molecule has 160 valence electrons. The highest BCUT2D eigenvalue weighted by atomic mass is 35.5. The highest BCUT2D eigenvalue weighted by Crippen LogP contribution is 2.26. The van der Waals surface area contributed by atoms with E-state index < -0.39 is 0 Å². The van der Waals surface area contributed by atoms with Gasteiger partial charge in [-0.2, -0.15) is 0 Å². The average Bonchev–Trinajstić information content (AvgIpc) is 2.72. The molecular formula is C23H23Cl4NO2. The molecule has 0 aliphatic rings. The van der Waals surface area contributed by atoms with Gasteiger partial charge in [0, 0.05) is 32.7 Å². The van der Waals surface area contributed by atoms with Crippen molar-refractivity contribution in [2.45, 2.75) is 19.6 Å². The zero-order valence-electron chi connectivity index (χ0n) is 16.5. The maximum Gasteiger partial charge on any atom is 0.124 e. The molecule has 0 atom stereocenters. The van der Waals surface area contributed by atoms with Crippen LogP contribution in [0.1, 0.15) is 16.7 Å². The lowest BCUT2D eigenvalue weighted by molar-refractivity contribution is 0.302. The summed E-state index contributed by atoms with van der Waals surface area (Å²) in [6, 6.07) is 19.0. The van der Waals surface area contributed by atoms with Crippen molar-refractivity contribution >= 4 is 47.2 Å². The monoisotopic (exact) mass is 485 g/mol. The minimum absolute atomic E-state index is 0. The molecule has 3 rings (SSSR count). The Hall–Kier alpha value is -1.62. The van der Waals surface area contributed by atoms with E-state index in [1.807, 2.05) is 42.5 Å². The van der Waals surface area contributed by atoms with Crippen LogP contribution in [0.4, 0.5) is 0 Å². The van der Waals surface area contributed by atoms with Crippen molar-refractivity contribution in [1.29, 1.82) is 0 Å². The fraction of sp³-hybridized carbons (Fsp3) is 0.217. The van der Waals surface area contributed by atoms with Crippen LogP contribution in [-0.2, 0) is 19.6 Å². The van der Waals surface area contributed by atoms with E-state index in [0.717, 1.165) is 35.6 Å². The summed E-state index contributed by atoms with van der Waals surface area (Å²) in [5.41, 5.74) is 3.03. The summed E-state index contributed by atoms with van der Waals surface area (Å²) in [5.74, 6) is 1.67. The highest BCUT2D eigenvalue weighted by Gasteiger charge is 2.08. The van der Waals surface area contributed by atoms with Crippen molar-refractivity contribution in [1.82, 2.24) is 5.32 Å². The van der Waals surface area contributed by atoms with Gasteiger partial charge in [-0.25, -0.2) is 0 Å². The molecule has 30 heavy (non-hydrogen) atoms. The maximum absolute atomic E-state index is 6.24. The first kappa shape index (κ1) is 24.6. The van der Waals surface area contributed by atoms with E-state index in [2.05, 4.69) is 11.4 Å². The number of nitrogens with one attached hydrogen (secondary N) is 1. The molecule has 0 spiro atoms. The molecule has 3 aromatic carbocycles.